The van der Waals surface area contributed by atoms with E-state index in [1.54, 1.807) is 0 Å². The van der Waals surface area contributed by atoms with Gasteiger partial charge in [0.15, 0.2) is 11.7 Å². The number of aliphatic hydroxyl groups is 1. The molecule has 0 aromatic heterocycles. The number of amides is 1. The second kappa shape index (κ2) is 6.97. The van der Waals surface area contributed by atoms with Gasteiger partial charge in [0.25, 0.3) is 5.91 Å². The number of anilines is 1. The number of nitrogens with one attached hydrogen (secondary N) is 1. The summed E-state index contributed by atoms with van der Waals surface area (Å²) >= 11 is 0. The molecule has 29 heavy (non-hydrogen) atoms. The Morgan fingerprint density at radius 2 is 1.97 bits per heavy atom. The van der Waals surface area contributed by atoms with Gasteiger partial charge in [0.2, 0.25) is 0 Å². The van der Waals surface area contributed by atoms with Crippen LogP contribution in [-0.4, -0.2) is 24.2 Å². The van der Waals surface area contributed by atoms with E-state index in [1.807, 2.05) is 48.5 Å². The van der Waals surface area contributed by atoms with Crippen LogP contribution < -0.4 is 5.32 Å². The van der Waals surface area contributed by atoms with Crippen LogP contribution in [0.5, 0.6) is 0 Å². The monoisotopic (exact) mass is 387 g/mol. The van der Waals surface area contributed by atoms with Crippen molar-refractivity contribution in [3.8, 4) is 0 Å². The topological polar surface area (TPSA) is 58.6 Å². The van der Waals surface area contributed by atoms with Crippen molar-refractivity contribution in [2.45, 2.75) is 24.5 Å². The first-order valence-electron chi connectivity index (χ1n) is 10.2. The molecule has 2 bridgehead atoms. The van der Waals surface area contributed by atoms with E-state index in [-0.39, 0.29) is 5.91 Å². The van der Waals surface area contributed by atoms with Crippen LogP contribution in [0.1, 0.15) is 29.5 Å². The number of hydrogen-bond donors (Lipinski definition) is 2. The van der Waals surface area contributed by atoms with Gasteiger partial charge in [0.05, 0.1) is 0 Å². The minimum atomic E-state index is -1.55. The molecule has 1 aliphatic heterocycles. The third kappa shape index (κ3) is 2.95. The van der Waals surface area contributed by atoms with E-state index in [9.17, 15) is 9.90 Å². The van der Waals surface area contributed by atoms with Gasteiger partial charge in [-0.25, -0.2) is 0 Å². The van der Waals surface area contributed by atoms with Crippen molar-refractivity contribution in [2.24, 2.45) is 17.8 Å². The highest BCUT2D eigenvalue weighted by Crippen LogP contribution is 2.45. The largest absolute Gasteiger partial charge is 0.377 e. The van der Waals surface area contributed by atoms with Crippen molar-refractivity contribution in [1.82, 2.24) is 0 Å². The Hall–Kier alpha value is -2.69. The fourth-order valence-corrected chi connectivity index (χ4v) is 5.18. The molecule has 2 aromatic carbocycles. The molecule has 1 amide bonds. The maximum absolute atomic E-state index is 12.6. The third-order valence-corrected chi connectivity index (χ3v) is 6.65. The molecule has 4 heteroatoms. The van der Waals surface area contributed by atoms with Crippen molar-refractivity contribution < 1.29 is 14.6 Å². The molecule has 5 rings (SSSR count). The van der Waals surface area contributed by atoms with Crippen LogP contribution in [0.4, 0.5) is 5.69 Å². The number of carbonyl (C=O) groups excluding carboxylic acids is 1. The summed E-state index contributed by atoms with van der Waals surface area (Å²) in [4.78, 5) is 12.6. The molecule has 1 saturated carbocycles. The SMILES string of the molecule is COC1C(=O)Nc2ccc(/C=C/C3CC4C=CC3C4)cc2C1(O)c1ccccc1. The zero-order valence-corrected chi connectivity index (χ0v) is 16.4. The number of ether oxygens (including phenoxy) is 1. The van der Waals surface area contributed by atoms with Crippen LogP contribution >= 0.6 is 0 Å². The molecule has 1 fully saturated rings. The van der Waals surface area contributed by atoms with E-state index >= 15 is 0 Å². The van der Waals surface area contributed by atoms with Crippen LogP contribution in [0.15, 0.2) is 66.8 Å². The van der Waals surface area contributed by atoms with Gasteiger partial charge < -0.3 is 15.2 Å². The first-order valence-corrected chi connectivity index (χ1v) is 10.2. The van der Waals surface area contributed by atoms with E-state index in [2.05, 4.69) is 29.6 Å². The molecule has 0 radical (unpaired) electrons. The predicted octanol–water partition coefficient (Wildman–Crippen LogP) is 4.12. The second-order valence-corrected chi connectivity index (χ2v) is 8.35. The van der Waals surface area contributed by atoms with E-state index in [0.29, 0.717) is 28.7 Å². The molecule has 5 atom stereocenters. The van der Waals surface area contributed by atoms with Gasteiger partial charge in [0.1, 0.15) is 0 Å². The number of hydrogen-bond acceptors (Lipinski definition) is 3. The number of methoxy groups -OCH3 is 1. The van der Waals surface area contributed by atoms with E-state index in [0.717, 1.165) is 11.5 Å². The lowest BCUT2D eigenvalue weighted by atomic mass is 9.77. The maximum atomic E-state index is 12.6. The zero-order valence-electron chi connectivity index (χ0n) is 16.4. The summed E-state index contributed by atoms with van der Waals surface area (Å²) in [5, 5.41) is 14.7. The summed E-state index contributed by atoms with van der Waals surface area (Å²) in [6.07, 6.45) is 10.6. The van der Waals surface area contributed by atoms with Gasteiger partial charge in [-0.2, -0.15) is 0 Å². The Morgan fingerprint density at radius 3 is 2.66 bits per heavy atom. The minimum absolute atomic E-state index is 0.344. The first-order chi connectivity index (χ1) is 14.1. The maximum Gasteiger partial charge on any atom is 0.257 e. The van der Waals surface area contributed by atoms with Crippen LogP contribution in [0, 0.1) is 17.8 Å². The van der Waals surface area contributed by atoms with E-state index < -0.39 is 11.7 Å². The number of benzene rings is 2. The highest BCUT2D eigenvalue weighted by atomic mass is 16.5. The van der Waals surface area contributed by atoms with Crippen LogP contribution in [-0.2, 0) is 15.1 Å². The third-order valence-electron chi connectivity index (χ3n) is 6.65. The number of rotatable bonds is 4. The highest BCUT2D eigenvalue weighted by Gasteiger charge is 2.49. The fraction of sp³-hybridized carbons (Fsp3) is 0.320. The van der Waals surface area contributed by atoms with Crippen molar-refractivity contribution in [2.75, 3.05) is 12.4 Å². The van der Waals surface area contributed by atoms with Crippen molar-refractivity contribution >= 4 is 17.7 Å². The Kier molecular flexibility index (Phi) is 4.41. The molecule has 5 unspecified atom stereocenters. The predicted molar refractivity (Wildman–Crippen MR) is 113 cm³/mol. The summed E-state index contributed by atoms with van der Waals surface area (Å²) in [6.45, 7) is 0. The average Bonchev–Trinajstić information content (AvgIpc) is 3.37. The second-order valence-electron chi connectivity index (χ2n) is 8.35. The summed E-state index contributed by atoms with van der Waals surface area (Å²) < 4.78 is 5.46. The number of carbonyl (C=O) groups is 1. The Labute approximate surface area is 170 Å². The molecular formula is C25H25NO3. The Morgan fingerprint density at radius 1 is 1.14 bits per heavy atom. The molecule has 2 aliphatic carbocycles. The first kappa shape index (κ1) is 18.3. The van der Waals surface area contributed by atoms with Crippen molar-refractivity contribution in [3.63, 3.8) is 0 Å². The molecule has 0 saturated heterocycles. The molecule has 3 aliphatic rings. The summed E-state index contributed by atoms with van der Waals surface area (Å²) in [7, 11) is 1.45. The molecular weight excluding hydrogens is 362 g/mol. The Bertz CT molecular complexity index is 996. The summed E-state index contributed by atoms with van der Waals surface area (Å²) in [6, 6.07) is 15.1. The number of allylic oxidation sites excluding steroid dienone is 3. The van der Waals surface area contributed by atoms with Gasteiger partial charge in [0, 0.05) is 18.4 Å². The van der Waals surface area contributed by atoms with Gasteiger partial charge >= 0.3 is 0 Å². The van der Waals surface area contributed by atoms with Gasteiger partial charge in [-0.1, -0.05) is 60.7 Å². The fourth-order valence-electron chi connectivity index (χ4n) is 5.18. The van der Waals surface area contributed by atoms with Crippen LogP contribution in [0.25, 0.3) is 6.08 Å². The van der Waals surface area contributed by atoms with E-state index in [1.165, 1.54) is 20.0 Å². The molecule has 148 valence electrons. The quantitative estimate of drug-likeness (QED) is 0.776. The average molecular weight is 387 g/mol. The molecule has 2 aromatic rings. The zero-order chi connectivity index (χ0) is 20.0. The summed E-state index contributed by atoms with van der Waals surface area (Å²) in [5.74, 6) is 1.63. The van der Waals surface area contributed by atoms with Crippen molar-refractivity contribution in [1.29, 1.82) is 0 Å². The van der Waals surface area contributed by atoms with Crippen LogP contribution in [0.2, 0.25) is 0 Å². The van der Waals surface area contributed by atoms with Gasteiger partial charge in [-0.15, -0.1) is 0 Å². The summed E-state index contributed by atoms with van der Waals surface area (Å²) in [5.41, 5.74) is 1.38. The molecule has 0 spiro atoms. The molecule has 4 nitrogen and oxygen atoms in total. The Balaban J connectivity index is 1.55. The highest BCUT2D eigenvalue weighted by molar-refractivity contribution is 5.99. The standard InChI is InChI=1S/C25H25NO3/c1-29-23-24(27)26-22-12-9-16(7-10-18-13-17-8-11-19(18)14-17)15-21(22)25(23,28)20-5-3-2-4-6-20/h2-12,15,17-19,23,28H,13-14H2,1H3,(H,26,27)/b10-7+. The normalized spacial score (nSPS) is 32.6. The minimum Gasteiger partial charge on any atom is -0.377 e. The molecule has 2 N–H and O–H groups in total. The molecule has 1 heterocycles. The smallest absolute Gasteiger partial charge is 0.257 e. The lowest BCUT2D eigenvalue weighted by Gasteiger charge is -2.40. The van der Waals surface area contributed by atoms with Crippen LogP contribution in [0.3, 0.4) is 0 Å². The lowest BCUT2D eigenvalue weighted by Crippen LogP contribution is -2.52. The number of fused-ring (bicyclic) bond motifs is 3. The van der Waals surface area contributed by atoms with Crippen molar-refractivity contribution in [3.05, 3.63) is 83.4 Å². The lowest BCUT2D eigenvalue weighted by molar-refractivity contribution is -0.142. The van der Waals surface area contributed by atoms with E-state index in [4.69, 9.17) is 4.74 Å². The van der Waals surface area contributed by atoms with Gasteiger partial charge in [-0.3, -0.25) is 4.79 Å². The van der Waals surface area contributed by atoms with Gasteiger partial charge in [-0.05, 0) is 53.9 Å².